The predicted octanol–water partition coefficient (Wildman–Crippen LogP) is 1.90. The number of carbonyl (C=O) groups is 2. The fraction of sp³-hybridized carbons (Fsp3) is 0.529. The van der Waals surface area contributed by atoms with Crippen LogP contribution >= 0.6 is 11.3 Å². The number of amides is 1. The number of nitrogens with one attached hydrogen (secondary N) is 2. The van der Waals surface area contributed by atoms with Gasteiger partial charge in [-0.3, -0.25) is 14.4 Å². The first-order chi connectivity index (χ1) is 11.8. The van der Waals surface area contributed by atoms with Crippen molar-refractivity contribution in [1.29, 1.82) is 0 Å². The smallest absolute Gasteiger partial charge is 0.306 e. The molecule has 0 unspecified atom stereocenters. The standard InChI is InChI=1S/C17H21N3O4S/c1-8-9(2)25-16-14(8)15(22)19-12(20-16)5-6-13(21)18-11-4-3-10(7-11)17(23)24/h10-11H,3-7H2,1-2H3,(H,18,21)(H,23,24)(H,19,20,22)/t10-,11+/m0/s1. The van der Waals surface area contributed by atoms with Gasteiger partial charge in [0, 0.05) is 23.8 Å². The normalized spacial score (nSPS) is 20.1. The number of carbonyl (C=O) groups excluding carboxylic acids is 1. The van der Waals surface area contributed by atoms with Crippen molar-refractivity contribution in [3.05, 3.63) is 26.6 Å². The van der Waals surface area contributed by atoms with Gasteiger partial charge in [-0.05, 0) is 38.7 Å². The lowest BCUT2D eigenvalue weighted by atomic mass is 10.1. The van der Waals surface area contributed by atoms with Crippen molar-refractivity contribution in [2.45, 2.75) is 52.0 Å². The predicted molar refractivity (Wildman–Crippen MR) is 94.9 cm³/mol. The molecular formula is C17H21N3O4S. The van der Waals surface area contributed by atoms with Crippen LogP contribution in [0, 0.1) is 19.8 Å². The average molecular weight is 363 g/mol. The number of aromatic nitrogens is 2. The van der Waals surface area contributed by atoms with Gasteiger partial charge in [0.2, 0.25) is 5.91 Å². The minimum Gasteiger partial charge on any atom is -0.481 e. The number of carboxylic acid groups (broad SMARTS) is 1. The minimum atomic E-state index is -0.798. The fourth-order valence-electron chi connectivity index (χ4n) is 3.29. The third-order valence-corrected chi connectivity index (χ3v) is 5.93. The first-order valence-corrected chi connectivity index (χ1v) is 9.18. The van der Waals surface area contributed by atoms with E-state index in [1.807, 2.05) is 13.8 Å². The van der Waals surface area contributed by atoms with Gasteiger partial charge in [0.15, 0.2) is 0 Å². The van der Waals surface area contributed by atoms with Gasteiger partial charge in [-0.2, -0.15) is 0 Å². The molecule has 3 N–H and O–H groups in total. The van der Waals surface area contributed by atoms with E-state index in [-0.39, 0.29) is 29.8 Å². The highest BCUT2D eigenvalue weighted by Gasteiger charge is 2.30. The largest absolute Gasteiger partial charge is 0.481 e. The van der Waals surface area contributed by atoms with E-state index in [9.17, 15) is 14.4 Å². The number of rotatable bonds is 5. The highest BCUT2D eigenvalue weighted by Crippen LogP contribution is 2.26. The molecule has 0 aromatic carbocycles. The minimum absolute atomic E-state index is 0.0781. The molecule has 1 aliphatic rings. The third-order valence-electron chi connectivity index (χ3n) is 4.82. The molecule has 2 heterocycles. The van der Waals surface area contributed by atoms with Crippen LogP contribution in [0.15, 0.2) is 4.79 Å². The molecule has 3 rings (SSSR count). The summed E-state index contributed by atoms with van der Waals surface area (Å²) in [4.78, 5) is 44.2. The van der Waals surface area contributed by atoms with Crippen LogP contribution in [0.2, 0.25) is 0 Å². The Balaban J connectivity index is 1.60. The molecule has 25 heavy (non-hydrogen) atoms. The summed E-state index contributed by atoms with van der Waals surface area (Å²) < 4.78 is 0. The SMILES string of the molecule is Cc1sc2nc(CCC(=O)N[C@@H]3CC[C@H](C(=O)O)C3)[nH]c(=O)c2c1C. The molecule has 1 aliphatic carbocycles. The van der Waals surface area contributed by atoms with Gasteiger partial charge in [-0.1, -0.05) is 0 Å². The van der Waals surface area contributed by atoms with Crippen LogP contribution in [0.5, 0.6) is 0 Å². The Kier molecular flexibility index (Phi) is 4.89. The van der Waals surface area contributed by atoms with Crippen molar-refractivity contribution in [2.24, 2.45) is 5.92 Å². The number of aryl methyl sites for hydroxylation is 3. The average Bonchev–Trinajstić information content (AvgIpc) is 3.11. The zero-order chi connectivity index (χ0) is 18.1. The maximum Gasteiger partial charge on any atom is 0.306 e. The second-order valence-electron chi connectivity index (χ2n) is 6.59. The molecule has 2 aromatic heterocycles. The quantitative estimate of drug-likeness (QED) is 0.751. The first-order valence-electron chi connectivity index (χ1n) is 8.36. The summed E-state index contributed by atoms with van der Waals surface area (Å²) in [6.45, 7) is 3.87. The molecule has 0 spiro atoms. The van der Waals surface area contributed by atoms with Crippen molar-refractivity contribution in [1.82, 2.24) is 15.3 Å². The maximum absolute atomic E-state index is 12.2. The van der Waals surface area contributed by atoms with Crippen LogP contribution in [-0.2, 0) is 16.0 Å². The Labute approximate surface area is 148 Å². The fourth-order valence-corrected chi connectivity index (χ4v) is 4.34. The van der Waals surface area contributed by atoms with Gasteiger partial charge in [-0.15, -0.1) is 11.3 Å². The van der Waals surface area contributed by atoms with Gasteiger partial charge in [0.25, 0.3) is 5.56 Å². The Morgan fingerprint density at radius 3 is 2.80 bits per heavy atom. The molecule has 1 saturated carbocycles. The molecular weight excluding hydrogens is 342 g/mol. The van der Waals surface area contributed by atoms with E-state index in [4.69, 9.17) is 5.11 Å². The van der Waals surface area contributed by atoms with Crippen LogP contribution < -0.4 is 10.9 Å². The van der Waals surface area contributed by atoms with E-state index in [0.29, 0.717) is 41.7 Å². The summed E-state index contributed by atoms with van der Waals surface area (Å²) in [6.07, 6.45) is 2.34. The zero-order valence-corrected chi connectivity index (χ0v) is 15.0. The number of carboxylic acids is 1. The van der Waals surface area contributed by atoms with Crippen molar-refractivity contribution >= 4 is 33.4 Å². The molecule has 2 atom stereocenters. The van der Waals surface area contributed by atoms with Crippen molar-refractivity contribution in [3.8, 4) is 0 Å². The number of hydrogen-bond donors (Lipinski definition) is 3. The molecule has 134 valence electrons. The van der Waals surface area contributed by atoms with Gasteiger partial charge in [-0.25, -0.2) is 4.98 Å². The Morgan fingerprint density at radius 1 is 1.36 bits per heavy atom. The van der Waals surface area contributed by atoms with Gasteiger partial charge < -0.3 is 15.4 Å². The van der Waals surface area contributed by atoms with Crippen LogP contribution in [0.1, 0.15) is 41.9 Å². The molecule has 1 amide bonds. The van der Waals surface area contributed by atoms with Crippen molar-refractivity contribution < 1.29 is 14.7 Å². The molecule has 8 heteroatoms. The van der Waals surface area contributed by atoms with E-state index in [2.05, 4.69) is 15.3 Å². The Morgan fingerprint density at radius 2 is 2.12 bits per heavy atom. The molecule has 0 aliphatic heterocycles. The molecule has 1 fully saturated rings. The monoisotopic (exact) mass is 363 g/mol. The molecule has 2 aromatic rings. The highest BCUT2D eigenvalue weighted by molar-refractivity contribution is 7.18. The molecule has 0 bridgehead atoms. The number of aromatic amines is 1. The Hall–Kier alpha value is -2.22. The topological polar surface area (TPSA) is 112 Å². The lowest BCUT2D eigenvalue weighted by Gasteiger charge is -2.12. The molecule has 7 nitrogen and oxygen atoms in total. The van der Waals surface area contributed by atoms with Crippen molar-refractivity contribution in [3.63, 3.8) is 0 Å². The van der Waals surface area contributed by atoms with E-state index in [0.717, 1.165) is 10.4 Å². The number of aliphatic carboxylic acids is 1. The first kappa shape index (κ1) is 17.6. The van der Waals surface area contributed by atoms with Crippen LogP contribution in [-0.4, -0.2) is 33.0 Å². The zero-order valence-electron chi connectivity index (χ0n) is 14.2. The van der Waals surface area contributed by atoms with E-state index < -0.39 is 5.97 Å². The summed E-state index contributed by atoms with van der Waals surface area (Å²) in [5, 5.41) is 12.5. The third kappa shape index (κ3) is 3.73. The van der Waals surface area contributed by atoms with E-state index >= 15 is 0 Å². The number of fused-ring (bicyclic) bond motifs is 1. The van der Waals surface area contributed by atoms with Gasteiger partial charge in [0.05, 0.1) is 11.3 Å². The number of nitrogens with zero attached hydrogens (tertiary/aromatic N) is 1. The molecule has 0 saturated heterocycles. The lowest BCUT2D eigenvalue weighted by Crippen LogP contribution is -2.33. The summed E-state index contributed by atoms with van der Waals surface area (Å²) in [5.74, 6) is -0.801. The maximum atomic E-state index is 12.2. The summed E-state index contributed by atoms with van der Waals surface area (Å²) in [5.41, 5.74) is 0.787. The second-order valence-corrected chi connectivity index (χ2v) is 7.79. The van der Waals surface area contributed by atoms with E-state index in [1.54, 1.807) is 0 Å². The van der Waals surface area contributed by atoms with Gasteiger partial charge in [0.1, 0.15) is 10.7 Å². The summed E-state index contributed by atoms with van der Waals surface area (Å²) in [7, 11) is 0. The van der Waals surface area contributed by atoms with Gasteiger partial charge >= 0.3 is 5.97 Å². The second kappa shape index (κ2) is 6.95. The van der Waals surface area contributed by atoms with Crippen LogP contribution in [0.25, 0.3) is 10.2 Å². The number of hydrogen-bond acceptors (Lipinski definition) is 5. The lowest BCUT2D eigenvalue weighted by molar-refractivity contribution is -0.141. The van der Waals surface area contributed by atoms with Crippen molar-refractivity contribution in [2.75, 3.05) is 0 Å². The van der Waals surface area contributed by atoms with E-state index in [1.165, 1.54) is 11.3 Å². The number of H-pyrrole nitrogens is 1. The Bertz CT molecular complexity index is 886. The highest BCUT2D eigenvalue weighted by atomic mass is 32.1. The summed E-state index contributed by atoms with van der Waals surface area (Å²) in [6, 6.07) is -0.0781. The van der Waals surface area contributed by atoms with Crippen LogP contribution in [0.4, 0.5) is 0 Å². The molecule has 0 radical (unpaired) electrons. The van der Waals surface area contributed by atoms with Crippen LogP contribution in [0.3, 0.4) is 0 Å². The number of thiophene rings is 1. The summed E-state index contributed by atoms with van der Waals surface area (Å²) >= 11 is 1.48.